The Bertz CT molecular complexity index is 975. The molecule has 4 nitrogen and oxygen atoms in total. The molecule has 0 aliphatic rings. The first-order valence-corrected chi connectivity index (χ1v) is 7.32. The van der Waals surface area contributed by atoms with Gasteiger partial charge in [-0.05, 0) is 24.3 Å². The number of benzene rings is 1. The number of hydrogen-bond donors (Lipinski definition) is 0. The Morgan fingerprint density at radius 3 is 2.52 bits per heavy atom. The molecular weight excluding hydrogens is 286 g/mol. The summed E-state index contributed by atoms with van der Waals surface area (Å²) in [6, 6.07) is 18.7. The number of pyridine rings is 2. The SMILES string of the molecule is O=C(c1ccccc1)c1nc2ccccn2c1-c1cccnc1. The highest BCUT2D eigenvalue weighted by Crippen LogP contribution is 2.26. The lowest BCUT2D eigenvalue weighted by Crippen LogP contribution is -2.04. The molecule has 4 rings (SSSR count). The number of nitrogens with zero attached hydrogens (tertiary/aromatic N) is 3. The fourth-order valence-electron chi connectivity index (χ4n) is 2.66. The van der Waals surface area contributed by atoms with Gasteiger partial charge in [0.1, 0.15) is 11.3 Å². The maximum absolute atomic E-state index is 12.9. The minimum atomic E-state index is -0.0897. The summed E-state index contributed by atoms with van der Waals surface area (Å²) in [5.41, 5.74) is 3.44. The van der Waals surface area contributed by atoms with Gasteiger partial charge >= 0.3 is 0 Å². The smallest absolute Gasteiger partial charge is 0.213 e. The van der Waals surface area contributed by atoms with Gasteiger partial charge in [0.2, 0.25) is 5.78 Å². The van der Waals surface area contributed by atoms with Gasteiger partial charge in [0.05, 0.1) is 5.69 Å². The highest BCUT2D eigenvalue weighted by molar-refractivity contribution is 6.11. The summed E-state index contributed by atoms with van der Waals surface area (Å²) in [6.07, 6.45) is 5.37. The Morgan fingerprint density at radius 2 is 1.74 bits per heavy atom. The Hall–Kier alpha value is -3.27. The molecule has 0 fully saturated rings. The second kappa shape index (κ2) is 5.50. The summed E-state index contributed by atoms with van der Waals surface area (Å²) in [7, 11) is 0. The average molecular weight is 299 g/mol. The van der Waals surface area contributed by atoms with Crippen molar-refractivity contribution in [1.29, 1.82) is 0 Å². The summed E-state index contributed by atoms with van der Waals surface area (Å²) in [6.45, 7) is 0. The maximum atomic E-state index is 12.9. The molecule has 0 radical (unpaired) electrons. The van der Waals surface area contributed by atoms with E-state index in [4.69, 9.17) is 0 Å². The van der Waals surface area contributed by atoms with Crippen LogP contribution in [-0.2, 0) is 0 Å². The van der Waals surface area contributed by atoms with E-state index in [1.165, 1.54) is 0 Å². The molecule has 4 aromatic rings. The number of carbonyl (C=O) groups is 1. The molecule has 4 heteroatoms. The van der Waals surface area contributed by atoms with Crippen LogP contribution in [0.5, 0.6) is 0 Å². The van der Waals surface area contributed by atoms with Crippen LogP contribution in [0, 0.1) is 0 Å². The third kappa shape index (κ3) is 2.30. The normalized spacial score (nSPS) is 10.8. The molecule has 0 atom stereocenters. The van der Waals surface area contributed by atoms with E-state index in [0.717, 1.165) is 16.9 Å². The number of carbonyl (C=O) groups excluding carboxylic acids is 1. The van der Waals surface area contributed by atoms with Crippen molar-refractivity contribution >= 4 is 11.4 Å². The number of aromatic nitrogens is 3. The first kappa shape index (κ1) is 13.4. The lowest BCUT2D eigenvalue weighted by atomic mass is 10.0. The predicted molar refractivity (Wildman–Crippen MR) is 88.3 cm³/mol. The van der Waals surface area contributed by atoms with E-state index in [-0.39, 0.29) is 5.78 Å². The molecule has 0 aliphatic heterocycles. The molecule has 0 saturated carbocycles. The van der Waals surface area contributed by atoms with Crippen molar-refractivity contribution < 1.29 is 4.79 Å². The molecule has 0 unspecified atom stereocenters. The van der Waals surface area contributed by atoms with Crippen LogP contribution < -0.4 is 0 Å². The topological polar surface area (TPSA) is 47.3 Å². The number of imidazole rings is 1. The highest BCUT2D eigenvalue weighted by Gasteiger charge is 2.21. The molecule has 3 aromatic heterocycles. The average Bonchev–Trinajstić information content (AvgIpc) is 3.02. The van der Waals surface area contributed by atoms with Crippen LogP contribution in [0.2, 0.25) is 0 Å². The molecule has 0 saturated heterocycles. The number of hydrogen-bond acceptors (Lipinski definition) is 3. The molecule has 23 heavy (non-hydrogen) atoms. The van der Waals surface area contributed by atoms with Crippen molar-refractivity contribution in [1.82, 2.24) is 14.4 Å². The lowest BCUT2D eigenvalue weighted by molar-refractivity contribution is 0.103. The fourth-order valence-corrected chi connectivity index (χ4v) is 2.66. The van der Waals surface area contributed by atoms with Gasteiger partial charge in [-0.25, -0.2) is 4.98 Å². The standard InChI is InChI=1S/C19H13N3O/c23-19(14-7-2-1-3-8-14)17-18(15-9-6-11-20-13-15)22-12-5-4-10-16(22)21-17/h1-13H. The van der Waals surface area contributed by atoms with Gasteiger partial charge in [0.15, 0.2) is 0 Å². The third-order valence-electron chi connectivity index (χ3n) is 3.72. The van der Waals surface area contributed by atoms with Gasteiger partial charge < -0.3 is 0 Å². The summed E-state index contributed by atoms with van der Waals surface area (Å²) in [5, 5.41) is 0. The van der Waals surface area contributed by atoms with E-state index in [1.54, 1.807) is 24.5 Å². The van der Waals surface area contributed by atoms with Crippen LogP contribution in [0.1, 0.15) is 16.1 Å². The minimum absolute atomic E-state index is 0.0897. The van der Waals surface area contributed by atoms with Gasteiger partial charge in [-0.2, -0.15) is 0 Å². The quantitative estimate of drug-likeness (QED) is 0.543. The lowest BCUT2D eigenvalue weighted by Gasteiger charge is -2.04. The molecule has 3 heterocycles. The molecule has 0 aliphatic carbocycles. The van der Waals surface area contributed by atoms with Crippen LogP contribution in [-0.4, -0.2) is 20.2 Å². The van der Waals surface area contributed by atoms with Gasteiger partial charge in [-0.1, -0.05) is 36.4 Å². The second-order valence-corrected chi connectivity index (χ2v) is 5.17. The van der Waals surface area contributed by atoms with Crippen LogP contribution >= 0.6 is 0 Å². The zero-order valence-electron chi connectivity index (χ0n) is 12.3. The van der Waals surface area contributed by atoms with Gasteiger partial charge in [-0.3, -0.25) is 14.2 Å². The zero-order valence-corrected chi connectivity index (χ0v) is 12.3. The van der Waals surface area contributed by atoms with Gasteiger partial charge in [0.25, 0.3) is 0 Å². The Morgan fingerprint density at radius 1 is 0.913 bits per heavy atom. The van der Waals surface area contributed by atoms with Crippen molar-refractivity contribution in [2.75, 3.05) is 0 Å². The van der Waals surface area contributed by atoms with Crippen molar-refractivity contribution in [2.45, 2.75) is 0 Å². The summed E-state index contributed by atoms with van der Waals surface area (Å²) in [5.74, 6) is -0.0897. The molecule has 0 spiro atoms. The molecular formula is C19H13N3O. The van der Waals surface area contributed by atoms with Crippen LogP contribution in [0.3, 0.4) is 0 Å². The summed E-state index contributed by atoms with van der Waals surface area (Å²) < 4.78 is 1.92. The fraction of sp³-hybridized carbons (Fsp3) is 0. The van der Waals surface area contributed by atoms with E-state index in [9.17, 15) is 4.79 Å². The summed E-state index contributed by atoms with van der Waals surface area (Å²) >= 11 is 0. The first-order chi connectivity index (χ1) is 11.3. The third-order valence-corrected chi connectivity index (χ3v) is 3.72. The second-order valence-electron chi connectivity index (χ2n) is 5.17. The monoisotopic (exact) mass is 299 g/mol. The van der Waals surface area contributed by atoms with E-state index in [0.29, 0.717) is 11.3 Å². The van der Waals surface area contributed by atoms with Crippen molar-refractivity contribution in [3.8, 4) is 11.3 Å². The summed E-state index contributed by atoms with van der Waals surface area (Å²) in [4.78, 5) is 21.6. The molecule has 0 amide bonds. The highest BCUT2D eigenvalue weighted by atomic mass is 16.1. The van der Waals surface area contributed by atoms with E-state index in [2.05, 4.69) is 9.97 Å². The van der Waals surface area contributed by atoms with Crippen molar-refractivity contribution in [2.24, 2.45) is 0 Å². The first-order valence-electron chi connectivity index (χ1n) is 7.32. The van der Waals surface area contributed by atoms with E-state index >= 15 is 0 Å². The molecule has 110 valence electrons. The largest absolute Gasteiger partial charge is 0.299 e. The Kier molecular flexibility index (Phi) is 3.20. The molecule has 0 N–H and O–H groups in total. The Labute approximate surface area is 133 Å². The Balaban J connectivity index is 1.98. The zero-order chi connectivity index (χ0) is 15.6. The van der Waals surface area contributed by atoms with Crippen molar-refractivity contribution in [3.63, 3.8) is 0 Å². The number of rotatable bonds is 3. The predicted octanol–water partition coefficient (Wildman–Crippen LogP) is 3.63. The maximum Gasteiger partial charge on any atom is 0.213 e. The van der Waals surface area contributed by atoms with Gasteiger partial charge in [-0.15, -0.1) is 0 Å². The van der Waals surface area contributed by atoms with Crippen LogP contribution in [0.15, 0.2) is 79.3 Å². The van der Waals surface area contributed by atoms with Crippen LogP contribution in [0.25, 0.3) is 16.9 Å². The molecule has 1 aromatic carbocycles. The van der Waals surface area contributed by atoms with Crippen molar-refractivity contribution in [3.05, 3.63) is 90.5 Å². The van der Waals surface area contributed by atoms with E-state index in [1.807, 2.05) is 59.1 Å². The van der Waals surface area contributed by atoms with Gasteiger partial charge in [0, 0.05) is 29.7 Å². The van der Waals surface area contributed by atoms with Crippen LogP contribution in [0.4, 0.5) is 0 Å². The van der Waals surface area contributed by atoms with E-state index < -0.39 is 0 Å². The number of ketones is 1. The number of fused-ring (bicyclic) bond motifs is 1. The molecule has 0 bridgehead atoms. The minimum Gasteiger partial charge on any atom is -0.299 e.